The Labute approximate surface area is 138 Å². The molecule has 0 amide bonds. The predicted octanol–water partition coefficient (Wildman–Crippen LogP) is 5.16. The molecule has 2 aromatic rings. The molecule has 2 aromatic carbocycles. The molecular formula is C17H10F6O2. The minimum absolute atomic E-state index is 0.238. The monoisotopic (exact) mass is 360 g/mol. The van der Waals surface area contributed by atoms with Crippen molar-refractivity contribution >= 4 is 11.6 Å². The van der Waals surface area contributed by atoms with E-state index in [1.165, 1.54) is 0 Å². The highest BCUT2D eigenvalue weighted by molar-refractivity contribution is 6.15. The maximum atomic E-state index is 12.8. The van der Waals surface area contributed by atoms with E-state index in [0.29, 0.717) is 24.3 Å². The van der Waals surface area contributed by atoms with Gasteiger partial charge in [-0.25, -0.2) is 0 Å². The van der Waals surface area contributed by atoms with Crippen molar-refractivity contribution in [2.24, 2.45) is 0 Å². The minimum atomic E-state index is -4.73. The van der Waals surface area contributed by atoms with Crippen molar-refractivity contribution in [1.29, 1.82) is 0 Å². The third-order valence-corrected chi connectivity index (χ3v) is 3.45. The third-order valence-electron chi connectivity index (χ3n) is 3.45. The van der Waals surface area contributed by atoms with Gasteiger partial charge in [0.25, 0.3) is 0 Å². The van der Waals surface area contributed by atoms with E-state index >= 15 is 0 Å². The largest absolute Gasteiger partial charge is 0.416 e. The summed E-state index contributed by atoms with van der Waals surface area (Å²) in [7, 11) is 0. The topological polar surface area (TPSA) is 34.1 Å². The summed E-state index contributed by atoms with van der Waals surface area (Å²) in [5.41, 5.74) is -3.14. The van der Waals surface area contributed by atoms with E-state index < -0.39 is 40.6 Å². The zero-order valence-corrected chi connectivity index (χ0v) is 12.6. The number of carbonyl (C=O) groups is 2. The number of hydrogen-bond acceptors (Lipinski definition) is 2. The van der Waals surface area contributed by atoms with Gasteiger partial charge in [0.15, 0.2) is 11.6 Å². The minimum Gasteiger partial charge on any atom is -0.294 e. The first-order valence-electron chi connectivity index (χ1n) is 6.85. The highest BCUT2D eigenvalue weighted by Gasteiger charge is 2.33. The first-order chi connectivity index (χ1) is 11.4. The lowest BCUT2D eigenvalue weighted by Crippen LogP contribution is -2.13. The Morgan fingerprint density at radius 1 is 0.720 bits per heavy atom. The number of carbonyl (C=O) groups excluding carboxylic acids is 2. The molecule has 0 aliphatic rings. The number of benzene rings is 2. The van der Waals surface area contributed by atoms with Crippen LogP contribution >= 0.6 is 0 Å². The fourth-order valence-corrected chi connectivity index (χ4v) is 2.18. The molecule has 0 saturated carbocycles. The van der Waals surface area contributed by atoms with Crippen LogP contribution in [0.3, 0.4) is 0 Å². The first-order valence-corrected chi connectivity index (χ1v) is 6.85. The molecule has 0 atom stereocenters. The lowest BCUT2D eigenvalue weighted by Gasteiger charge is -2.12. The third kappa shape index (κ3) is 4.07. The molecule has 2 nitrogen and oxygen atoms in total. The average Bonchev–Trinajstić information content (AvgIpc) is 2.52. The van der Waals surface area contributed by atoms with Gasteiger partial charge >= 0.3 is 12.4 Å². The van der Waals surface area contributed by atoms with E-state index in [9.17, 15) is 35.9 Å². The molecule has 0 bridgehead atoms. The van der Waals surface area contributed by atoms with E-state index in [0.717, 1.165) is 25.1 Å². The molecule has 0 fully saturated rings. The zero-order valence-electron chi connectivity index (χ0n) is 12.6. The van der Waals surface area contributed by atoms with Crippen molar-refractivity contribution in [3.63, 3.8) is 0 Å². The molecule has 0 heterocycles. The van der Waals surface area contributed by atoms with Gasteiger partial charge in [-0.2, -0.15) is 26.3 Å². The van der Waals surface area contributed by atoms with Gasteiger partial charge in [0.2, 0.25) is 0 Å². The van der Waals surface area contributed by atoms with Crippen LogP contribution in [0.1, 0.15) is 44.3 Å². The molecule has 25 heavy (non-hydrogen) atoms. The van der Waals surface area contributed by atoms with E-state index in [-0.39, 0.29) is 11.1 Å². The SMILES string of the molecule is CC(=O)c1ccc(C(F)(F)F)cc1C(=O)c1ccc(C(F)(F)F)cc1. The van der Waals surface area contributed by atoms with E-state index in [1.54, 1.807) is 0 Å². The van der Waals surface area contributed by atoms with Gasteiger partial charge in [0, 0.05) is 16.7 Å². The molecule has 0 unspecified atom stereocenters. The van der Waals surface area contributed by atoms with Crippen molar-refractivity contribution in [3.05, 3.63) is 70.3 Å². The van der Waals surface area contributed by atoms with Gasteiger partial charge in [-0.3, -0.25) is 9.59 Å². The fraction of sp³-hybridized carbons (Fsp3) is 0.176. The number of hydrogen-bond donors (Lipinski definition) is 0. The molecule has 2 rings (SSSR count). The average molecular weight is 360 g/mol. The van der Waals surface area contributed by atoms with Gasteiger partial charge in [0.1, 0.15) is 0 Å². The van der Waals surface area contributed by atoms with Crippen molar-refractivity contribution in [3.8, 4) is 0 Å². The Balaban J connectivity index is 2.52. The Hall–Kier alpha value is -2.64. The predicted molar refractivity (Wildman–Crippen MR) is 76.3 cm³/mol. The first kappa shape index (κ1) is 18.7. The summed E-state index contributed by atoms with van der Waals surface area (Å²) < 4.78 is 76.1. The standard InChI is InChI=1S/C17H10F6O2/c1-9(24)13-7-6-12(17(21,22)23)8-14(13)15(25)10-2-4-11(5-3-10)16(18,19)20/h2-8H,1H3. The highest BCUT2D eigenvalue weighted by Crippen LogP contribution is 2.32. The van der Waals surface area contributed by atoms with Gasteiger partial charge in [-0.05, 0) is 31.2 Å². The summed E-state index contributed by atoms with van der Waals surface area (Å²) >= 11 is 0. The van der Waals surface area contributed by atoms with Crippen LogP contribution in [0.4, 0.5) is 26.3 Å². The molecule has 0 N–H and O–H groups in total. The second-order valence-corrected chi connectivity index (χ2v) is 5.22. The Morgan fingerprint density at radius 2 is 1.20 bits per heavy atom. The Bertz CT molecular complexity index is 817. The molecule has 0 aliphatic heterocycles. The number of ketones is 2. The number of alkyl halides is 6. The second kappa shape index (κ2) is 6.34. The van der Waals surface area contributed by atoms with Crippen LogP contribution in [0.2, 0.25) is 0 Å². The van der Waals surface area contributed by atoms with Crippen LogP contribution in [0.15, 0.2) is 42.5 Å². The Morgan fingerprint density at radius 3 is 1.64 bits per heavy atom. The summed E-state index contributed by atoms with van der Waals surface area (Å²) in [6, 6.07) is 5.08. The fourth-order valence-electron chi connectivity index (χ4n) is 2.18. The van der Waals surface area contributed by atoms with E-state index in [4.69, 9.17) is 0 Å². The quantitative estimate of drug-likeness (QED) is 0.560. The van der Waals surface area contributed by atoms with E-state index in [2.05, 4.69) is 0 Å². The maximum absolute atomic E-state index is 12.8. The molecule has 0 aromatic heterocycles. The lowest BCUT2D eigenvalue weighted by molar-refractivity contribution is -0.138. The van der Waals surface area contributed by atoms with Crippen molar-refractivity contribution in [2.45, 2.75) is 19.3 Å². The van der Waals surface area contributed by atoms with Crippen LogP contribution in [0.25, 0.3) is 0 Å². The van der Waals surface area contributed by atoms with Crippen LogP contribution in [-0.4, -0.2) is 11.6 Å². The van der Waals surface area contributed by atoms with Gasteiger partial charge in [-0.1, -0.05) is 18.2 Å². The molecule has 132 valence electrons. The van der Waals surface area contributed by atoms with Crippen molar-refractivity contribution in [2.75, 3.05) is 0 Å². The Kier molecular flexibility index (Phi) is 4.74. The maximum Gasteiger partial charge on any atom is 0.416 e. The summed E-state index contributed by atoms with van der Waals surface area (Å²) in [5.74, 6) is -1.60. The van der Waals surface area contributed by atoms with Crippen LogP contribution in [0, 0.1) is 0 Å². The lowest BCUT2D eigenvalue weighted by atomic mass is 9.94. The van der Waals surface area contributed by atoms with Crippen LogP contribution in [-0.2, 0) is 12.4 Å². The van der Waals surface area contributed by atoms with Crippen molar-refractivity contribution in [1.82, 2.24) is 0 Å². The highest BCUT2D eigenvalue weighted by atomic mass is 19.4. The number of Topliss-reactive ketones (excluding diaryl/α,β-unsaturated/α-hetero) is 1. The van der Waals surface area contributed by atoms with Crippen LogP contribution in [0.5, 0.6) is 0 Å². The van der Waals surface area contributed by atoms with Gasteiger partial charge in [-0.15, -0.1) is 0 Å². The molecule has 0 aliphatic carbocycles. The summed E-state index contributed by atoms with van der Waals surface area (Å²) in [4.78, 5) is 24.0. The summed E-state index contributed by atoms with van der Waals surface area (Å²) in [5, 5.41) is 0. The van der Waals surface area contributed by atoms with Gasteiger partial charge in [0.05, 0.1) is 11.1 Å². The summed E-state index contributed by atoms with van der Waals surface area (Å²) in [6.45, 7) is 1.08. The number of rotatable bonds is 3. The normalized spacial score (nSPS) is 12.1. The second-order valence-electron chi connectivity index (χ2n) is 5.22. The molecule has 0 spiro atoms. The molecule has 0 radical (unpaired) electrons. The van der Waals surface area contributed by atoms with E-state index in [1.807, 2.05) is 0 Å². The smallest absolute Gasteiger partial charge is 0.294 e. The molecule has 0 saturated heterocycles. The van der Waals surface area contributed by atoms with Gasteiger partial charge < -0.3 is 0 Å². The molecular weight excluding hydrogens is 350 g/mol. The van der Waals surface area contributed by atoms with Crippen LogP contribution < -0.4 is 0 Å². The summed E-state index contributed by atoms with van der Waals surface area (Å²) in [6.07, 6.45) is -9.34. The number of halogens is 6. The van der Waals surface area contributed by atoms with Crippen molar-refractivity contribution < 1.29 is 35.9 Å². The molecule has 8 heteroatoms. The zero-order chi connectivity index (χ0) is 19.0.